The van der Waals surface area contributed by atoms with E-state index in [0.29, 0.717) is 15.7 Å². The summed E-state index contributed by atoms with van der Waals surface area (Å²) < 4.78 is 15.8. The second kappa shape index (κ2) is 8.29. The van der Waals surface area contributed by atoms with Gasteiger partial charge < -0.3 is 10.6 Å². The summed E-state index contributed by atoms with van der Waals surface area (Å²) >= 11 is 11.6. The predicted octanol–water partition coefficient (Wildman–Crippen LogP) is 5.77. The van der Waals surface area contributed by atoms with Gasteiger partial charge in [0, 0.05) is 16.3 Å². The van der Waals surface area contributed by atoms with Crippen molar-refractivity contribution < 1.29 is 4.39 Å². The van der Waals surface area contributed by atoms with Gasteiger partial charge in [0.05, 0.1) is 23.6 Å². The Hall–Kier alpha value is -2.44. The first kappa shape index (κ1) is 20.3. The van der Waals surface area contributed by atoms with Gasteiger partial charge in [0.25, 0.3) is 0 Å². The van der Waals surface area contributed by atoms with E-state index < -0.39 is 0 Å². The molecule has 7 heteroatoms. The third kappa shape index (κ3) is 4.34. The third-order valence-electron chi connectivity index (χ3n) is 4.75. The monoisotopic (exact) mass is 416 g/mol. The van der Waals surface area contributed by atoms with Crippen LogP contribution in [0.3, 0.4) is 0 Å². The number of hydrogen-bond acceptors (Lipinski definition) is 2. The second-order valence-electron chi connectivity index (χ2n) is 6.78. The van der Waals surface area contributed by atoms with Gasteiger partial charge in [-0.2, -0.15) is 5.10 Å². The molecule has 4 nitrogen and oxygen atoms in total. The maximum Gasteiger partial charge on any atom is 0.175 e. The van der Waals surface area contributed by atoms with Crippen molar-refractivity contribution in [2.75, 3.05) is 10.6 Å². The van der Waals surface area contributed by atoms with Crippen molar-refractivity contribution in [1.29, 1.82) is 0 Å². The van der Waals surface area contributed by atoms with Crippen molar-refractivity contribution in [3.8, 4) is 0 Å². The highest BCUT2D eigenvalue weighted by Crippen LogP contribution is 2.25. The van der Waals surface area contributed by atoms with Crippen molar-refractivity contribution in [3.63, 3.8) is 0 Å². The van der Waals surface area contributed by atoms with Crippen LogP contribution in [0, 0.1) is 33.5 Å². The van der Waals surface area contributed by atoms with Crippen LogP contribution < -0.4 is 10.6 Å². The number of thiocarbonyl (C=S) groups is 1. The molecule has 2 aromatic carbocycles. The van der Waals surface area contributed by atoms with E-state index in [1.807, 2.05) is 32.0 Å². The van der Waals surface area contributed by atoms with E-state index in [-0.39, 0.29) is 12.4 Å². The zero-order chi connectivity index (χ0) is 20.4. The lowest BCUT2D eigenvalue weighted by molar-refractivity contribution is 0.579. The molecule has 3 aromatic rings. The van der Waals surface area contributed by atoms with Crippen molar-refractivity contribution in [2.24, 2.45) is 0 Å². The van der Waals surface area contributed by atoms with Crippen LogP contribution in [0.4, 0.5) is 15.8 Å². The van der Waals surface area contributed by atoms with E-state index in [9.17, 15) is 4.39 Å². The van der Waals surface area contributed by atoms with Gasteiger partial charge in [-0.25, -0.2) is 4.39 Å². The van der Waals surface area contributed by atoms with Gasteiger partial charge in [0.2, 0.25) is 0 Å². The van der Waals surface area contributed by atoms with E-state index in [4.69, 9.17) is 23.8 Å². The predicted molar refractivity (Wildman–Crippen MR) is 118 cm³/mol. The molecule has 2 N–H and O–H groups in total. The summed E-state index contributed by atoms with van der Waals surface area (Å²) in [5.74, 6) is -0.346. The van der Waals surface area contributed by atoms with Crippen molar-refractivity contribution in [3.05, 3.63) is 75.3 Å². The summed E-state index contributed by atoms with van der Waals surface area (Å²) in [6, 6.07) is 10.7. The van der Waals surface area contributed by atoms with Gasteiger partial charge in [-0.3, -0.25) is 4.68 Å². The zero-order valence-electron chi connectivity index (χ0n) is 16.2. The average molecular weight is 417 g/mol. The molecule has 0 unspecified atom stereocenters. The Morgan fingerprint density at radius 3 is 2.54 bits per heavy atom. The molecular formula is C21H22ClFN4S. The minimum atomic E-state index is -0.346. The zero-order valence-corrected chi connectivity index (χ0v) is 17.8. The summed E-state index contributed by atoms with van der Waals surface area (Å²) in [6.07, 6.45) is 0. The quantitative estimate of drug-likeness (QED) is 0.530. The maximum atomic E-state index is 14.1. The lowest BCUT2D eigenvalue weighted by Gasteiger charge is -2.13. The van der Waals surface area contributed by atoms with Crippen LogP contribution in [0.1, 0.15) is 28.1 Å². The topological polar surface area (TPSA) is 41.9 Å². The van der Waals surface area contributed by atoms with E-state index in [1.54, 1.807) is 16.8 Å². The number of nitrogens with one attached hydrogen (secondary N) is 2. The van der Waals surface area contributed by atoms with Gasteiger partial charge in [-0.15, -0.1) is 0 Å². The van der Waals surface area contributed by atoms with Crippen LogP contribution in [-0.2, 0) is 6.54 Å². The molecule has 0 spiro atoms. The number of rotatable bonds is 4. The van der Waals surface area contributed by atoms with Gasteiger partial charge in [-0.05, 0) is 75.3 Å². The number of benzene rings is 2. The van der Waals surface area contributed by atoms with Gasteiger partial charge >= 0.3 is 0 Å². The second-order valence-corrected chi connectivity index (χ2v) is 7.60. The molecule has 0 radical (unpaired) electrons. The molecule has 3 rings (SSSR count). The Bertz CT molecular complexity index is 1020. The molecule has 0 aliphatic carbocycles. The fraction of sp³-hybridized carbons (Fsp3) is 0.238. The minimum Gasteiger partial charge on any atom is -0.332 e. The van der Waals surface area contributed by atoms with Crippen LogP contribution in [0.2, 0.25) is 5.02 Å². The molecule has 1 aromatic heterocycles. The molecule has 0 atom stereocenters. The SMILES string of the molecule is Cc1ccc(NC(=S)Nc2c(C)nn(Cc3c(F)cccc3Cl)c2C)cc1C. The van der Waals surface area contributed by atoms with Gasteiger partial charge in [-0.1, -0.05) is 23.7 Å². The van der Waals surface area contributed by atoms with Crippen LogP contribution in [0.25, 0.3) is 0 Å². The Morgan fingerprint density at radius 2 is 1.86 bits per heavy atom. The number of anilines is 2. The fourth-order valence-corrected chi connectivity index (χ4v) is 3.40. The molecular weight excluding hydrogens is 395 g/mol. The summed E-state index contributed by atoms with van der Waals surface area (Å²) in [7, 11) is 0. The molecule has 146 valence electrons. The summed E-state index contributed by atoms with van der Waals surface area (Å²) in [4.78, 5) is 0. The number of hydrogen-bond donors (Lipinski definition) is 2. The maximum absolute atomic E-state index is 14.1. The lowest BCUT2D eigenvalue weighted by atomic mass is 10.1. The number of aromatic nitrogens is 2. The van der Waals surface area contributed by atoms with E-state index in [0.717, 1.165) is 22.8 Å². The standard InChI is InChI=1S/C21H22ClFN4S/c1-12-8-9-16(10-13(12)2)24-21(28)25-20-14(3)26-27(15(20)4)11-17-18(22)6-5-7-19(17)23/h5-10H,11H2,1-4H3,(H2,24,25,28). The summed E-state index contributed by atoms with van der Waals surface area (Å²) in [5.41, 5.74) is 6.17. The van der Waals surface area contributed by atoms with Crippen LogP contribution in [-0.4, -0.2) is 14.9 Å². The first-order valence-electron chi connectivity index (χ1n) is 8.88. The van der Waals surface area contributed by atoms with E-state index in [1.165, 1.54) is 17.2 Å². The van der Waals surface area contributed by atoms with E-state index >= 15 is 0 Å². The Morgan fingerprint density at radius 1 is 1.11 bits per heavy atom. The smallest absolute Gasteiger partial charge is 0.175 e. The average Bonchev–Trinajstić information content (AvgIpc) is 2.89. The number of halogens is 2. The van der Waals surface area contributed by atoms with Crippen molar-refractivity contribution in [2.45, 2.75) is 34.2 Å². The largest absolute Gasteiger partial charge is 0.332 e. The highest BCUT2D eigenvalue weighted by molar-refractivity contribution is 7.80. The molecule has 28 heavy (non-hydrogen) atoms. The highest BCUT2D eigenvalue weighted by atomic mass is 35.5. The van der Waals surface area contributed by atoms with Gasteiger partial charge in [0.15, 0.2) is 5.11 Å². The van der Waals surface area contributed by atoms with Gasteiger partial charge in [0.1, 0.15) is 5.82 Å². The van der Waals surface area contributed by atoms with Crippen molar-refractivity contribution in [1.82, 2.24) is 9.78 Å². The van der Waals surface area contributed by atoms with Crippen molar-refractivity contribution >= 4 is 40.3 Å². The van der Waals surface area contributed by atoms with E-state index in [2.05, 4.69) is 29.6 Å². The minimum absolute atomic E-state index is 0.247. The number of aryl methyl sites for hydroxylation is 3. The van der Waals surface area contributed by atoms with Crippen LogP contribution >= 0.6 is 23.8 Å². The molecule has 1 heterocycles. The van der Waals surface area contributed by atoms with Crippen LogP contribution in [0.15, 0.2) is 36.4 Å². The highest BCUT2D eigenvalue weighted by Gasteiger charge is 2.16. The first-order chi connectivity index (χ1) is 13.3. The molecule has 0 aliphatic rings. The Labute approximate surface area is 174 Å². The molecule has 0 bridgehead atoms. The Balaban J connectivity index is 1.78. The fourth-order valence-electron chi connectivity index (χ4n) is 2.96. The summed E-state index contributed by atoms with van der Waals surface area (Å²) in [6.45, 7) is 8.17. The normalized spacial score (nSPS) is 10.8. The van der Waals surface area contributed by atoms with Crippen LogP contribution in [0.5, 0.6) is 0 Å². The first-order valence-corrected chi connectivity index (χ1v) is 9.67. The lowest BCUT2D eigenvalue weighted by Crippen LogP contribution is -2.20. The summed E-state index contributed by atoms with van der Waals surface area (Å²) in [5, 5.41) is 11.8. The third-order valence-corrected chi connectivity index (χ3v) is 5.31. The molecule has 0 amide bonds. The Kier molecular flexibility index (Phi) is 6.01. The number of nitrogens with zero attached hydrogens (tertiary/aromatic N) is 2. The molecule has 0 aliphatic heterocycles. The molecule has 0 saturated carbocycles. The molecule has 0 saturated heterocycles. The molecule has 0 fully saturated rings.